The van der Waals surface area contributed by atoms with Crippen LogP contribution in [0.15, 0.2) is 53.1 Å². The third-order valence-corrected chi connectivity index (χ3v) is 4.41. The minimum Gasteiger partial charge on any atom is -0.497 e. The number of nitrogens with zero attached hydrogens (tertiary/aromatic N) is 2. The van der Waals surface area contributed by atoms with Gasteiger partial charge in [0.25, 0.3) is 0 Å². The van der Waals surface area contributed by atoms with Crippen molar-refractivity contribution in [1.29, 1.82) is 0 Å². The van der Waals surface area contributed by atoms with E-state index in [4.69, 9.17) is 9.26 Å². The van der Waals surface area contributed by atoms with Gasteiger partial charge in [-0.15, -0.1) is 0 Å². The van der Waals surface area contributed by atoms with Crippen molar-refractivity contribution < 1.29 is 14.1 Å². The van der Waals surface area contributed by atoms with Crippen molar-refractivity contribution in [3.63, 3.8) is 0 Å². The number of amides is 1. The van der Waals surface area contributed by atoms with Crippen molar-refractivity contribution in [2.75, 3.05) is 7.11 Å². The average molecular weight is 365 g/mol. The van der Waals surface area contributed by atoms with E-state index in [1.165, 1.54) is 0 Å². The van der Waals surface area contributed by atoms with Crippen LogP contribution in [0.25, 0.3) is 11.4 Å². The van der Waals surface area contributed by atoms with E-state index in [1.54, 1.807) is 7.11 Å². The van der Waals surface area contributed by atoms with Gasteiger partial charge in [0.2, 0.25) is 17.6 Å². The fraction of sp³-hybridized carbons (Fsp3) is 0.286. The van der Waals surface area contributed by atoms with Crippen molar-refractivity contribution in [2.24, 2.45) is 0 Å². The molecule has 1 N–H and O–H groups in total. The predicted octanol–water partition coefficient (Wildman–Crippen LogP) is 3.86. The van der Waals surface area contributed by atoms with E-state index < -0.39 is 0 Å². The van der Waals surface area contributed by atoms with Crippen molar-refractivity contribution >= 4 is 5.91 Å². The van der Waals surface area contributed by atoms with Crippen LogP contribution in [0.3, 0.4) is 0 Å². The summed E-state index contributed by atoms with van der Waals surface area (Å²) in [5.41, 5.74) is 3.03. The van der Waals surface area contributed by atoms with Gasteiger partial charge >= 0.3 is 0 Å². The van der Waals surface area contributed by atoms with Crippen LogP contribution in [0.4, 0.5) is 0 Å². The summed E-state index contributed by atoms with van der Waals surface area (Å²) in [7, 11) is 1.63. The molecule has 1 amide bonds. The van der Waals surface area contributed by atoms with E-state index in [-0.39, 0.29) is 18.4 Å². The van der Waals surface area contributed by atoms with Crippen molar-refractivity contribution in [3.05, 3.63) is 65.5 Å². The molecule has 0 radical (unpaired) electrons. The van der Waals surface area contributed by atoms with Gasteiger partial charge in [0.15, 0.2) is 0 Å². The molecule has 0 fully saturated rings. The molecule has 1 heterocycles. The molecule has 3 aromatic rings. The first kappa shape index (κ1) is 18.6. The Hall–Kier alpha value is -3.15. The number of nitrogens with one attached hydrogen (secondary N) is 1. The van der Waals surface area contributed by atoms with E-state index in [0.717, 1.165) is 22.4 Å². The van der Waals surface area contributed by atoms with E-state index in [9.17, 15) is 4.79 Å². The molecule has 0 saturated carbocycles. The molecule has 27 heavy (non-hydrogen) atoms. The van der Waals surface area contributed by atoms with Crippen LogP contribution in [0, 0.1) is 6.92 Å². The Morgan fingerprint density at radius 3 is 2.63 bits per heavy atom. The monoisotopic (exact) mass is 365 g/mol. The first-order valence-electron chi connectivity index (χ1n) is 8.88. The maximum atomic E-state index is 12.2. The first-order valence-corrected chi connectivity index (χ1v) is 8.88. The summed E-state index contributed by atoms with van der Waals surface area (Å²) in [5.74, 6) is 1.74. The highest BCUT2D eigenvalue weighted by Gasteiger charge is 2.14. The first-order chi connectivity index (χ1) is 13.1. The van der Waals surface area contributed by atoms with Crippen LogP contribution in [0.2, 0.25) is 0 Å². The Kier molecular flexibility index (Phi) is 5.86. The summed E-state index contributed by atoms with van der Waals surface area (Å²) in [5, 5.41) is 7.00. The van der Waals surface area contributed by atoms with Crippen LogP contribution in [0.5, 0.6) is 5.75 Å². The fourth-order valence-corrected chi connectivity index (χ4v) is 2.80. The van der Waals surface area contributed by atoms with E-state index in [0.29, 0.717) is 18.1 Å². The highest BCUT2D eigenvalue weighted by atomic mass is 16.5. The highest BCUT2D eigenvalue weighted by Crippen LogP contribution is 2.20. The lowest BCUT2D eigenvalue weighted by Crippen LogP contribution is -2.26. The zero-order chi connectivity index (χ0) is 19.2. The van der Waals surface area contributed by atoms with Gasteiger partial charge in [0, 0.05) is 18.4 Å². The molecular weight excluding hydrogens is 342 g/mol. The summed E-state index contributed by atoms with van der Waals surface area (Å²) >= 11 is 0. The minimum atomic E-state index is -0.0892. The van der Waals surface area contributed by atoms with Crippen LogP contribution in [-0.2, 0) is 11.2 Å². The maximum absolute atomic E-state index is 12.2. The summed E-state index contributed by atoms with van der Waals surface area (Å²) in [4.78, 5) is 16.6. The summed E-state index contributed by atoms with van der Waals surface area (Å²) in [6, 6.07) is 15.4. The molecule has 2 aromatic carbocycles. The normalized spacial score (nSPS) is 11.8. The molecule has 6 nitrogen and oxygen atoms in total. The molecule has 6 heteroatoms. The van der Waals surface area contributed by atoms with Gasteiger partial charge in [-0.05, 0) is 37.1 Å². The molecule has 3 rings (SSSR count). The zero-order valence-electron chi connectivity index (χ0n) is 15.7. The quantitative estimate of drug-likeness (QED) is 0.688. The smallest absolute Gasteiger partial charge is 0.227 e. The number of carbonyl (C=O) groups is 1. The standard InChI is InChI=1S/C21H23N3O3/c1-14-6-4-5-7-18(14)21-23-20(27-24-21)13-12-19(25)22-15(2)16-8-10-17(26-3)11-9-16/h4-11,15H,12-13H2,1-3H3,(H,22,25)/t15-/m0/s1. The van der Waals surface area contributed by atoms with Gasteiger partial charge in [0.1, 0.15) is 5.75 Å². The molecule has 0 bridgehead atoms. The summed E-state index contributed by atoms with van der Waals surface area (Å²) in [6.45, 7) is 3.95. The molecule has 0 aliphatic heterocycles. The van der Waals surface area contributed by atoms with Crippen molar-refractivity contribution in [3.8, 4) is 17.1 Å². The van der Waals surface area contributed by atoms with Crippen LogP contribution >= 0.6 is 0 Å². The number of rotatable bonds is 7. The third-order valence-electron chi connectivity index (χ3n) is 4.41. The maximum Gasteiger partial charge on any atom is 0.227 e. The minimum absolute atomic E-state index is 0.0611. The Balaban J connectivity index is 1.54. The Labute approximate surface area is 158 Å². The second-order valence-electron chi connectivity index (χ2n) is 6.39. The van der Waals surface area contributed by atoms with Gasteiger partial charge in [-0.3, -0.25) is 4.79 Å². The second kappa shape index (κ2) is 8.49. The summed E-state index contributed by atoms with van der Waals surface area (Å²) < 4.78 is 10.4. The lowest BCUT2D eigenvalue weighted by Gasteiger charge is -2.14. The number of hydrogen-bond acceptors (Lipinski definition) is 5. The van der Waals surface area contributed by atoms with Crippen LogP contribution in [-0.4, -0.2) is 23.2 Å². The fourth-order valence-electron chi connectivity index (χ4n) is 2.80. The molecule has 0 aliphatic carbocycles. The zero-order valence-corrected chi connectivity index (χ0v) is 15.7. The van der Waals surface area contributed by atoms with E-state index in [1.807, 2.05) is 62.4 Å². The summed E-state index contributed by atoms with van der Waals surface area (Å²) in [6.07, 6.45) is 0.690. The van der Waals surface area contributed by atoms with Crippen LogP contribution < -0.4 is 10.1 Å². The van der Waals surface area contributed by atoms with Gasteiger partial charge in [0.05, 0.1) is 13.2 Å². The average Bonchev–Trinajstić information content (AvgIpc) is 3.15. The molecule has 140 valence electrons. The third kappa shape index (κ3) is 4.73. The van der Waals surface area contributed by atoms with Crippen molar-refractivity contribution in [2.45, 2.75) is 32.7 Å². The number of hydrogen-bond donors (Lipinski definition) is 1. The lowest BCUT2D eigenvalue weighted by atomic mass is 10.1. The van der Waals surface area contributed by atoms with Gasteiger partial charge in [-0.2, -0.15) is 4.98 Å². The molecule has 1 atom stereocenters. The largest absolute Gasteiger partial charge is 0.497 e. The van der Waals surface area contributed by atoms with Crippen molar-refractivity contribution in [1.82, 2.24) is 15.5 Å². The molecule has 1 aromatic heterocycles. The van der Waals surface area contributed by atoms with Crippen LogP contribution in [0.1, 0.15) is 36.4 Å². The topological polar surface area (TPSA) is 77.2 Å². The Morgan fingerprint density at radius 1 is 1.19 bits per heavy atom. The number of methoxy groups -OCH3 is 1. The number of aromatic nitrogens is 2. The number of aryl methyl sites for hydroxylation is 2. The van der Waals surface area contributed by atoms with Gasteiger partial charge in [-0.1, -0.05) is 41.6 Å². The number of carbonyl (C=O) groups excluding carboxylic acids is 1. The molecule has 0 spiro atoms. The molecule has 0 unspecified atom stereocenters. The van der Waals surface area contributed by atoms with Gasteiger partial charge < -0.3 is 14.6 Å². The number of benzene rings is 2. The molecular formula is C21H23N3O3. The SMILES string of the molecule is COc1ccc([C@H](C)NC(=O)CCc2nc(-c3ccccc3C)no2)cc1. The Bertz CT molecular complexity index is 903. The Morgan fingerprint density at radius 2 is 1.93 bits per heavy atom. The second-order valence-corrected chi connectivity index (χ2v) is 6.39. The van der Waals surface area contributed by atoms with E-state index in [2.05, 4.69) is 15.5 Å². The lowest BCUT2D eigenvalue weighted by molar-refractivity contribution is -0.121. The highest BCUT2D eigenvalue weighted by molar-refractivity contribution is 5.76. The predicted molar refractivity (Wildman–Crippen MR) is 102 cm³/mol. The van der Waals surface area contributed by atoms with Gasteiger partial charge in [-0.25, -0.2) is 0 Å². The van der Waals surface area contributed by atoms with E-state index >= 15 is 0 Å². The molecule has 0 aliphatic rings. The molecule has 0 saturated heterocycles. The number of ether oxygens (including phenoxy) is 1.